The Morgan fingerprint density at radius 1 is 1.17 bits per heavy atom. The van der Waals surface area contributed by atoms with Gasteiger partial charge < -0.3 is 9.72 Å². The quantitative estimate of drug-likeness (QED) is 0.722. The molecule has 1 heterocycles. The lowest BCUT2D eigenvalue weighted by Gasteiger charge is -2.05. The first-order chi connectivity index (χ1) is 11.6. The van der Waals surface area contributed by atoms with Gasteiger partial charge in [-0.05, 0) is 29.8 Å². The second-order valence-corrected chi connectivity index (χ2v) is 5.76. The Morgan fingerprint density at radius 3 is 2.83 bits per heavy atom. The summed E-state index contributed by atoms with van der Waals surface area (Å²) in [7, 11) is 0. The van der Waals surface area contributed by atoms with Crippen molar-refractivity contribution < 1.29 is 9.53 Å². The molecule has 3 rings (SSSR count). The van der Waals surface area contributed by atoms with Gasteiger partial charge in [-0.2, -0.15) is 0 Å². The molecule has 0 saturated heterocycles. The van der Waals surface area contributed by atoms with Crippen LogP contribution in [0.1, 0.15) is 17.7 Å². The number of carbonyl (C=O) groups excluding carboxylic acids is 1. The standard InChI is InChI=1S/C18H15ClN2O3/c19-13-5-3-4-12(10-13)11-24-17(22)9-8-16-18(23)21-15-7-2-1-6-14(15)20-16/h1-7,10H,8-9,11H2,(H,21,23). The Hall–Kier alpha value is -2.66. The molecule has 0 fully saturated rings. The number of nitrogens with zero attached hydrogens (tertiary/aromatic N) is 1. The number of carbonyl (C=O) groups is 1. The fourth-order valence-corrected chi connectivity index (χ4v) is 2.53. The van der Waals surface area contributed by atoms with E-state index in [9.17, 15) is 9.59 Å². The average molecular weight is 343 g/mol. The first-order valence-electron chi connectivity index (χ1n) is 7.50. The Kier molecular flexibility index (Phi) is 4.91. The van der Waals surface area contributed by atoms with Crippen LogP contribution in [0, 0.1) is 0 Å². The fraction of sp³-hybridized carbons (Fsp3) is 0.167. The van der Waals surface area contributed by atoms with Crippen LogP contribution in [0.5, 0.6) is 0 Å². The smallest absolute Gasteiger partial charge is 0.306 e. The van der Waals surface area contributed by atoms with E-state index in [4.69, 9.17) is 16.3 Å². The molecule has 3 aromatic rings. The number of halogens is 1. The van der Waals surface area contributed by atoms with Gasteiger partial charge in [0.25, 0.3) is 5.56 Å². The van der Waals surface area contributed by atoms with Crippen molar-refractivity contribution in [3.63, 3.8) is 0 Å². The number of para-hydroxylation sites is 2. The summed E-state index contributed by atoms with van der Waals surface area (Å²) in [5.74, 6) is -0.385. The topological polar surface area (TPSA) is 72.0 Å². The number of H-pyrrole nitrogens is 1. The molecule has 0 atom stereocenters. The zero-order chi connectivity index (χ0) is 16.9. The van der Waals surface area contributed by atoms with Gasteiger partial charge in [0.05, 0.1) is 17.5 Å². The predicted octanol–water partition coefficient (Wildman–Crippen LogP) is 3.25. The number of rotatable bonds is 5. The van der Waals surface area contributed by atoms with Crippen LogP contribution < -0.4 is 5.56 Å². The van der Waals surface area contributed by atoms with Crippen molar-refractivity contribution in [2.24, 2.45) is 0 Å². The minimum Gasteiger partial charge on any atom is -0.461 e. The number of ether oxygens (including phenoxy) is 1. The Bertz CT molecular complexity index is 937. The maximum absolute atomic E-state index is 12.0. The van der Waals surface area contributed by atoms with E-state index in [1.54, 1.807) is 24.3 Å². The van der Waals surface area contributed by atoms with E-state index in [-0.39, 0.29) is 31.0 Å². The minimum atomic E-state index is -0.385. The van der Waals surface area contributed by atoms with Crippen molar-refractivity contribution in [2.45, 2.75) is 19.4 Å². The zero-order valence-electron chi connectivity index (χ0n) is 12.8. The van der Waals surface area contributed by atoms with Crippen molar-refractivity contribution in [1.29, 1.82) is 0 Å². The zero-order valence-corrected chi connectivity index (χ0v) is 13.5. The number of hydrogen-bond donors (Lipinski definition) is 1. The van der Waals surface area contributed by atoms with Crippen molar-refractivity contribution in [2.75, 3.05) is 0 Å². The second kappa shape index (κ2) is 7.27. The van der Waals surface area contributed by atoms with Crippen LogP contribution in [-0.4, -0.2) is 15.9 Å². The lowest BCUT2D eigenvalue weighted by Crippen LogP contribution is -2.17. The van der Waals surface area contributed by atoms with Gasteiger partial charge in [0, 0.05) is 11.4 Å². The summed E-state index contributed by atoms with van der Waals surface area (Å²) < 4.78 is 5.19. The first-order valence-corrected chi connectivity index (χ1v) is 7.87. The summed E-state index contributed by atoms with van der Waals surface area (Å²) in [6.45, 7) is 0.154. The van der Waals surface area contributed by atoms with Crippen molar-refractivity contribution in [1.82, 2.24) is 9.97 Å². The molecule has 6 heteroatoms. The highest BCUT2D eigenvalue weighted by Crippen LogP contribution is 2.12. The van der Waals surface area contributed by atoms with Gasteiger partial charge in [0.15, 0.2) is 0 Å². The highest BCUT2D eigenvalue weighted by molar-refractivity contribution is 6.30. The molecule has 1 N–H and O–H groups in total. The van der Waals surface area contributed by atoms with Gasteiger partial charge in [-0.15, -0.1) is 0 Å². The van der Waals surface area contributed by atoms with Gasteiger partial charge >= 0.3 is 5.97 Å². The normalized spacial score (nSPS) is 10.7. The number of aryl methyl sites for hydroxylation is 1. The van der Waals surface area contributed by atoms with Crippen LogP contribution in [0.4, 0.5) is 0 Å². The van der Waals surface area contributed by atoms with Crippen LogP contribution in [0.2, 0.25) is 5.02 Å². The van der Waals surface area contributed by atoms with Crippen LogP contribution in [0.15, 0.2) is 53.3 Å². The molecule has 122 valence electrons. The molecule has 1 aromatic heterocycles. The average Bonchev–Trinajstić information content (AvgIpc) is 2.58. The van der Waals surface area contributed by atoms with E-state index < -0.39 is 0 Å². The summed E-state index contributed by atoms with van der Waals surface area (Å²) in [4.78, 5) is 30.9. The monoisotopic (exact) mass is 342 g/mol. The molecule has 5 nitrogen and oxygen atoms in total. The van der Waals surface area contributed by atoms with Gasteiger partial charge in [-0.3, -0.25) is 9.59 Å². The third kappa shape index (κ3) is 4.00. The lowest BCUT2D eigenvalue weighted by atomic mass is 10.2. The van der Waals surface area contributed by atoms with Gasteiger partial charge in [-0.1, -0.05) is 35.9 Å². The number of benzene rings is 2. The van der Waals surface area contributed by atoms with Crippen LogP contribution in [0.3, 0.4) is 0 Å². The van der Waals surface area contributed by atoms with E-state index in [1.165, 1.54) is 0 Å². The molecular weight excluding hydrogens is 328 g/mol. The largest absolute Gasteiger partial charge is 0.461 e. The third-order valence-electron chi connectivity index (χ3n) is 3.52. The van der Waals surface area contributed by atoms with E-state index in [0.29, 0.717) is 21.7 Å². The molecular formula is C18H15ClN2O3. The van der Waals surface area contributed by atoms with Crippen molar-refractivity contribution in [3.8, 4) is 0 Å². The number of nitrogens with one attached hydrogen (secondary N) is 1. The fourth-order valence-electron chi connectivity index (χ4n) is 2.32. The molecule has 0 amide bonds. The molecule has 0 unspecified atom stereocenters. The predicted molar refractivity (Wildman–Crippen MR) is 91.9 cm³/mol. The first kappa shape index (κ1) is 16.2. The maximum atomic E-state index is 12.0. The van der Waals surface area contributed by atoms with Crippen LogP contribution in [-0.2, 0) is 22.6 Å². The summed E-state index contributed by atoms with van der Waals surface area (Å²) in [5.41, 5.74) is 2.23. The molecule has 0 spiro atoms. The van der Waals surface area contributed by atoms with Gasteiger partial charge in [-0.25, -0.2) is 4.98 Å². The number of aromatic amines is 1. The summed E-state index contributed by atoms with van der Waals surface area (Å²) in [5, 5.41) is 0.593. The number of fused-ring (bicyclic) bond motifs is 1. The SMILES string of the molecule is O=C(CCc1nc2ccccc2[nH]c1=O)OCc1cccc(Cl)c1. The Morgan fingerprint density at radius 2 is 2.00 bits per heavy atom. The summed E-state index contributed by atoms with van der Waals surface area (Å²) >= 11 is 5.88. The molecule has 0 radical (unpaired) electrons. The minimum absolute atomic E-state index is 0.0922. The Balaban J connectivity index is 1.60. The van der Waals surface area contributed by atoms with Gasteiger partial charge in [0.2, 0.25) is 0 Å². The number of hydrogen-bond acceptors (Lipinski definition) is 4. The van der Waals surface area contributed by atoms with E-state index in [2.05, 4.69) is 9.97 Å². The summed E-state index contributed by atoms with van der Waals surface area (Å²) in [6.07, 6.45) is 0.323. The molecule has 0 aliphatic heterocycles. The molecule has 0 aliphatic rings. The van der Waals surface area contributed by atoms with Crippen molar-refractivity contribution in [3.05, 3.63) is 75.2 Å². The van der Waals surface area contributed by atoms with Gasteiger partial charge in [0.1, 0.15) is 12.3 Å². The Labute approximate surface area is 143 Å². The lowest BCUT2D eigenvalue weighted by molar-refractivity contribution is -0.144. The maximum Gasteiger partial charge on any atom is 0.306 e. The summed E-state index contributed by atoms with van der Waals surface area (Å²) in [6, 6.07) is 14.4. The molecule has 0 bridgehead atoms. The van der Waals surface area contributed by atoms with Crippen molar-refractivity contribution >= 4 is 28.6 Å². The van der Waals surface area contributed by atoms with E-state index >= 15 is 0 Å². The number of aromatic nitrogens is 2. The van der Waals surface area contributed by atoms with Crippen LogP contribution >= 0.6 is 11.6 Å². The molecule has 0 aliphatic carbocycles. The molecule has 24 heavy (non-hydrogen) atoms. The highest BCUT2D eigenvalue weighted by Gasteiger charge is 2.09. The van der Waals surface area contributed by atoms with E-state index in [1.807, 2.05) is 24.3 Å². The van der Waals surface area contributed by atoms with E-state index in [0.717, 1.165) is 5.56 Å². The second-order valence-electron chi connectivity index (χ2n) is 5.32. The third-order valence-corrected chi connectivity index (χ3v) is 3.76. The molecule has 2 aromatic carbocycles. The molecule has 0 saturated carbocycles. The van der Waals surface area contributed by atoms with Crippen LogP contribution in [0.25, 0.3) is 11.0 Å². The number of esters is 1. The highest BCUT2D eigenvalue weighted by atomic mass is 35.5.